The van der Waals surface area contributed by atoms with Crippen molar-refractivity contribution in [3.8, 4) is 11.5 Å². The Kier molecular flexibility index (Phi) is 17.8. The topological polar surface area (TPSA) is 87.7 Å². The summed E-state index contributed by atoms with van der Waals surface area (Å²) in [5.41, 5.74) is 0. The van der Waals surface area contributed by atoms with Crippen LogP contribution in [0.4, 0.5) is 0 Å². The van der Waals surface area contributed by atoms with Crippen molar-refractivity contribution in [1.82, 2.24) is 10.6 Å². The molecule has 0 aliphatic carbocycles. The molecule has 33 heavy (non-hydrogen) atoms. The highest BCUT2D eigenvalue weighted by Crippen LogP contribution is 2.16. The molecule has 6 nitrogen and oxygen atoms in total. The van der Waals surface area contributed by atoms with Gasteiger partial charge in [0.25, 0.3) is 5.91 Å². The van der Waals surface area contributed by atoms with Crippen molar-refractivity contribution in [3.05, 3.63) is 24.3 Å². The van der Waals surface area contributed by atoms with Crippen molar-refractivity contribution >= 4 is 11.8 Å². The van der Waals surface area contributed by atoms with E-state index in [2.05, 4.69) is 17.6 Å². The second kappa shape index (κ2) is 20.4. The molecule has 0 atom stereocenters. The third-order valence-electron chi connectivity index (χ3n) is 5.79. The SMILES string of the molecule is CCCCCCCCCCCCCCCCCC(=O)NCNC(=O)COc1ccc(O)cc1. The van der Waals surface area contributed by atoms with Crippen molar-refractivity contribution in [2.45, 2.75) is 110 Å². The van der Waals surface area contributed by atoms with Crippen molar-refractivity contribution in [1.29, 1.82) is 0 Å². The minimum Gasteiger partial charge on any atom is -0.508 e. The Morgan fingerprint density at radius 2 is 1.15 bits per heavy atom. The molecule has 0 saturated carbocycles. The van der Waals surface area contributed by atoms with Crippen LogP contribution in [0.5, 0.6) is 11.5 Å². The van der Waals surface area contributed by atoms with Gasteiger partial charge in [-0.25, -0.2) is 0 Å². The highest BCUT2D eigenvalue weighted by Gasteiger charge is 2.05. The number of aromatic hydroxyl groups is 1. The summed E-state index contributed by atoms with van der Waals surface area (Å²) in [7, 11) is 0. The van der Waals surface area contributed by atoms with Gasteiger partial charge in [-0.15, -0.1) is 0 Å². The average Bonchev–Trinajstić information content (AvgIpc) is 2.81. The van der Waals surface area contributed by atoms with Gasteiger partial charge in [-0.3, -0.25) is 9.59 Å². The molecule has 1 rings (SSSR count). The summed E-state index contributed by atoms with van der Waals surface area (Å²) < 4.78 is 5.30. The van der Waals surface area contributed by atoms with E-state index in [9.17, 15) is 14.7 Å². The lowest BCUT2D eigenvalue weighted by molar-refractivity contribution is -0.124. The summed E-state index contributed by atoms with van der Waals surface area (Å²) >= 11 is 0. The zero-order valence-corrected chi connectivity index (χ0v) is 20.7. The average molecular weight is 463 g/mol. The fourth-order valence-corrected chi connectivity index (χ4v) is 3.73. The molecule has 0 aromatic heterocycles. The number of carbonyl (C=O) groups excluding carboxylic acids is 2. The number of phenolic OH excluding ortho intramolecular Hbond substituents is 1. The Morgan fingerprint density at radius 1 is 0.697 bits per heavy atom. The molecule has 1 aromatic rings. The maximum atomic E-state index is 11.9. The highest BCUT2D eigenvalue weighted by atomic mass is 16.5. The lowest BCUT2D eigenvalue weighted by atomic mass is 10.0. The molecule has 188 valence electrons. The van der Waals surface area contributed by atoms with Gasteiger partial charge in [0.1, 0.15) is 11.5 Å². The molecule has 0 bridgehead atoms. The van der Waals surface area contributed by atoms with Crippen LogP contribution in [0.25, 0.3) is 0 Å². The monoisotopic (exact) mass is 462 g/mol. The predicted octanol–water partition coefficient (Wildman–Crippen LogP) is 6.22. The highest BCUT2D eigenvalue weighted by molar-refractivity contribution is 5.79. The minimum absolute atomic E-state index is 0.0375. The van der Waals surface area contributed by atoms with Crippen LogP contribution < -0.4 is 15.4 Å². The molecular formula is C27H46N2O4. The van der Waals surface area contributed by atoms with Gasteiger partial charge in [0.2, 0.25) is 5.91 Å². The number of phenols is 1. The third-order valence-corrected chi connectivity index (χ3v) is 5.79. The number of unbranched alkanes of at least 4 members (excludes halogenated alkanes) is 14. The summed E-state index contributed by atoms with van der Waals surface area (Å²) in [5, 5.41) is 14.5. The second-order valence-electron chi connectivity index (χ2n) is 8.86. The van der Waals surface area contributed by atoms with Gasteiger partial charge in [0, 0.05) is 6.42 Å². The molecule has 0 radical (unpaired) electrons. The standard InChI is InChI=1S/C27H46N2O4/c1-2-3-4-5-6-7-8-9-10-11-12-13-14-15-16-17-26(31)28-23-29-27(32)22-33-25-20-18-24(30)19-21-25/h18-21,30H,2-17,22-23H2,1H3,(H,28,31)(H,29,32). The van der Waals surface area contributed by atoms with Crippen molar-refractivity contribution < 1.29 is 19.4 Å². The maximum Gasteiger partial charge on any atom is 0.259 e. The van der Waals surface area contributed by atoms with E-state index in [1.165, 1.54) is 95.6 Å². The number of amides is 2. The molecule has 2 amide bonds. The Hall–Kier alpha value is -2.24. The van der Waals surface area contributed by atoms with E-state index in [4.69, 9.17) is 4.74 Å². The molecule has 0 unspecified atom stereocenters. The van der Waals surface area contributed by atoms with Crippen LogP contribution in [0.15, 0.2) is 24.3 Å². The first kappa shape index (κ1) is 28.8. The van der Waals surface area contributed by atoms with Gasteiger partial charge in [-0.1, -0.05) is 96.8 Å². The van der Waals surface area contributed by atoms with Gasteiger partial charge in [0.15, 0.2) is 6.61 Å². The van der Waals surface area contributed by atoms with E-state index in [1.54, 1.807) is 12.1 Å². The number of carbonyl (C=O) groups is 2. The number of benzene rings is 1. The van der Waals surface area contributed by atoms with E-state index in [0.29, 0.717) is 12.2 Å². The van der Waals surface area contributed by atoms with Crippen LogP contribution in [-0.4, -0.2) is 30.2 Å². The van der Waals surface area contributed by atoms with Gasteiger partial charge in [-0.05, 0) is 30.7 Å². The molecule has 0 spiro atoms. The number of hydrogen-bond acceptors (Lipinski definition) is 4. The smallest absolute Gasteiger partial charge is 0.259 e. The molecule has 0 fully saturated rings. The van der Waals surface area contributed by atoms with Gasteiger partial charge >= 0.3 is 0 Å². The first-order valence-electron chi connectivity index (χ1n) is 13.1. The lowest BCUT2D eigenvalue weighted by Crippen LogP contribution is -2.39. The summed E-state index contributed by atoms with van der Waals surface area (Å²) in [6.07, 6.45) is 20.1. The molecule has 6 heteroatoms. The molecule has 3 N–H and O–H groups in total. The van der Waals surface area contributed by atoms with E-state index < -0.39 is 0 Å². The Labute approximate surface area is 200 Å². The Balaban J connectivity index is 1.83. The summed E-state index contributed by atoms with van der Waals surface area (Å²) in [6, 6.07) is 6.15. The zero-order chi connectivity index (χ0) is 24.0. The molecule has 0 heterocycles. The first-order valence-corrected chi connectivity index (χ1v) is 13.1. The number of nitrogens with one attached hydrogen (secondary N) is 2. The van der Waals surface area contributed by atoms with Crippen LogP contribution in [0.1, 0.15) is 110 Å². The quantitative estimate of drug-likeness (QED) is 0.149. The van der Waals surface area contributed by atoms with Crippen LogP contribution in [0.2, 0.25) is 0 Å². The second-order valence-corrected chi connectivity index (χ2v) is 8.86. The summed E-state index contributed by atoms with van der Waals surface area (Å²) in [4.78, 5) is 23.6. The Bertz CT molecular complexity index is 619. The van der Waals surface area contributed by atoms with Crippen molar-refractivity contribution in [3.63, 3.8) is 0 Å². The van der Waals surface area contributed by atoms with Crippen molar-refractivity contribution in [2.75, 3.05) is 13.3 Å². The van der Waals surface area contributed by atoms with Gasteiger partial charge < -0.3 is 20.5 Å². The number of rotatable bonds is 21. The lowest BCUT2D eigenvalue weighted by Gasteiger charge is -2.09. The molecule has 0 aliphatic heterocycles. The number of hydrogen-bond donors (Lipinski definition) is 3. The van der Waals surface area contributed by atoms with Gasteiger partial charge in [-0.2, -0.15) is 0 Å². The predicted molar refractivity (Wildman–Crippen MR) is 134 cm³/mol. The summed E-state index contributed by atoms with van der Waals surface area (Å²) in [6.45, 7) is 2.23. The molecule has 0 aliphatic rings. The molecular weight excluding hydrogens is 416 g/mol. The fourth-order valence-electron chi connectivity index (χ4n) is 3.73. The van der Waals surface area contributed by atoms with Crippen LogP contribution in [0.3, 0.4) is 0 Å². The van der Waals surface area contributed by atoms with Crippen molar-refractivity contribution in [2.24, 2.45) is 0 Å². The third kappa shape index (κ3) is 17.9. The van der Waals surface area contributed by atoms with Crippen LogP contribution in [-0.2, 0) is 9.59 Å². The maximum absolute atomic E-state index is 11.9. The summed E-state index contributed by atoms with van der Waals surface area (Å²) in [5.74, 6) is 0.295. The van der Waals surface area contributed by atoms with E-state index in [1.807, 2.05) is 0 Å². The van der Waals surface area contributed by atoms with Crippen LogP contribution >= 0.6 is 0 Å². The first-order chi connectivity index (χ1) is 16.1. The largest absolute Gasteiger partial charge is 0.508 e. The van der Waals surface area contributed by atoms with E-state index >= 15 is 0 Å². The molecule has 0 saturated heterocycles. The number of ether oxygens (including phenoxy) is 1. The van der Waals surface area contributed by atoms with Crippen LogP contribution in [0, 0.1) is 0 Å². The fraction of sp³-hybridized carbons (Fsp3) is 0.704. The van der Waals surface area contributed by atoms with E-state index in [-0.39, 0.29) is 30.8 Å². The molecule has 1 aromatic carbocycles. The van der Waals surface area contributed by atoms with E-state index in [0.717, 1.165) is 12.8 Å². The van der Waals surface area contributed by atoms with Gasteiger partial charge in [0.05, 0.1) is 6.67 Å². The minimum atomic E-state index is -0.310. The normalized spacial score (nSPS) is 10.7. The Morgan fingerprint density at radius 3 is 1.67 bits per heavy atom. The zero-order valence-electron chi connectivity index (χ0n) is 20.7.